The van der Waals surface area contributed by atoms with Crippen molar-refractivity contribution < 1.29 is 9.53 Å². The zero-order valence-corrected chi connectivity index (χ0v) is 17.4. The number of nitriles is 1. The third-order valence-electron chi connectivity index (χ3n) is 4.65. The Bertz CT molecular complexity index is 1120. The Morgan fingerprint density at radius 3 is 2.37 bits per heavy atom. The molecule has 0 spiro atoms. The zero-order chi connectivity index (χ0) is 21.5. The van der Waals surface area contributed by atoms with Crippen molar-refractivity contribution in [3.63, 3.8) is 0 Å². The number of amides is 1. The first-order valence-electron chi connectivity index (χ1n) is 9.74. The summed E-state index contributed by atoms with van der Waals surface area (Å²) in [6, 6.07) is 23.1. The number of aryl methyl sites for hydroxylation is 3. The van der Waals surface area contributed by atoms with Crippen LogP contribution in [0, 0.1) is 32.1 Å². The van der Waals surface area contributed by atoms with E-state index in [0.29, 0.717) is 23.6 Å². The van der Waals surface area contributed by atoms with Crippen LogP contribution in [0.4, 0.5) is 5.69 Å². The van der Waals surface area contributed by atoms with Crippen LogP contribution in [0.1, 0.15) is 27.8 Å². The van der Waals surface area contributed by atoms with E-state index in [0.717, 1.165) is 11.1 Å². The monoisotopic (exact) mass is 396 g/mol. The molecule has 150 valence electrons. The summed E-state index contributed by atoms with van der Waals surface area (Å²) in [7, 11) is 0. The van der Waals surface area contributed by atoms with E-state index in [1.165, 1.54) is 11.1 Å². The molecule has 0 aliphatic carbocycles. The molecule has 0 aliphatic rings. The van der Waals surface area contributed by atoms with Gasteiger partial charge in [0.2, 0.25) is 0 Å². The molecule has 0 saturated heterocycles. The summed E-state index contributed by atoms with van der Waals surface area (Å²) in [5, 5.41) is 12.3. The number of carbonyl (C=O) groups excluding carboxylic acids is 1. The van der Waals surface area contributed by atoms with Crippen molar-refractivity contribution >= 4 is 17.7 Å². The van der Waals surface area contributed by atoms with Gasteiger partial charge in [-0.1, -0.05) is 65.7 Å². The van der Waals surface area contributed by atoms with Gasteiger partial charge in [0.05, 0.1) is 0 Å². The molecule has 0 fully saturated rings. The van der Waals surface area contributed by atoms with Crippen LogP contribution in [-0.2, 0) is 11.4 Å². The second-order valence-electron chi connectivity index (χ2n) is 7.26. The molecule has 0 aromatic heterocycles. The molecule has 1 N–H and O–H groups in total. The summed E-state index contributed by atoms with van der Waals surface area (Å²) in [4.78, 5) is 12.6. The summed E-state index contributed by atoms with van der Waals surface area (Å²) in [6.45, 7) is 6.42. The topological polar surface area (TPSA) is 62.1 Å². The highest BCUT2D eigenvalue weighted by atomic mass is 16.5. The van der Waals surface area contributed by atoms with Crippen molar-refractivity contribution in [3.05, 3.63) is 100 Å². The molecule has 4 nitrogen and oxygen atoms in total. The predicted octanol–water partition coefficient (Wildman–Crippen LogP) is 5.74. The summed E-state index contributed by atoms with van der Waals surface area (Å²) in [5.74, 6) is 0.170. The number of ether oxygens (including phenoxy) is 1. The maximum absolute atomic E-state index is 12.6. The Morgan fingerprint density at radius 1 is 1.00 bits per heavy atom. The van der Waals surface area contributed by atoms with Gasteiger partial charge in [-0.25, -0.2) is 0 Å². The average Bonchev–Trinajstić information content (AvgIpc) is 2.72. The maximum Gasteiger partial charge on any atom is 0.266 e. The van der Waals surface area contributed by atoms with Crippen LogP contribution in [0.3, 0.4) is 0 Å². The largest absolute Gasteiger partial charge is 0.488 e. The van der Waals surface area contributed by atoms with Crippen LogP contribution in [0.15, 0.2) is 72.3 Å². The zero-order valence-electron chi connectivity index (χ0n) is 17.4. The highest BCUT2D eigenvalue weighted by molar-refractivity contribution is 6.10. The van der Waals surface area contributed by atoms with Gasteiger partial charge in [-0.05, 0) is 50.1 Å². The first kappa shape index (κ1) is 20.9. The number of para-hydroxylation sites is 2. The van der Waals surface area contributed by atoms with Gasteiger partial charge < -0.3 is 10.1 Å². The standard InChI is InChI=1S/C26H24N2O2/c1-18-12-19(2)14-21(13-18)17-30-25-11-7-5-9-22(25)15-23(16-27)26(29)28-24-10-6-4-8-20(24)3/h4-15H,17H2,1-3H3,(H,28,29)/b23-15+. The molecule has 3 aromatic rings. The molecule has 0 heterocycles. The second kappa shape index (κ2) is 9.58. The van der Waals surface area contributed by atoms with Gasteiger partial charge in [0.25, 0.3) is 5.91 Å². The Kier molecular flexibility index (Phi) is 6.67. The van der Waals surface area contributed by atoms with E-state index >= 15 is 0 Å². The predicted molar refractivity (Wildman–Crippen MR) is 120 cm³/mol. The van der Waals surface area contributed by atoms with Gasteiger partial charge in [-0.3, -0.25) is 4.79 Å². The van der Waals surface area contributed by atoms with Crippen molar-refractivity contribution in [1.29, 1.82) is 5.26 Å². The van der Waals surface area contributed by atoms with Crippen LogP contribution >= 0.6 is 0 Å². The van der Waals surface area contributed by atoms with E-state index < -0.39 is 5.91 Å². The van der Waals surface area contributed by atoms with Crippen molar-refractivity contribution in [2.75, 3.05) is 5.32 Å². The number of nitrogens with one attached hydrogen (secondary N) is 1. The number of hydrogen-bond donors (Lipinski definition) is 1. The van der Waals surface area contributed by atoms with E-state index in [1.807, 2.05) is 61.5 Å². The Morgan fingerprint density at radius 2 is 1.67 bits per heavy atom. The fourth-order valence-corrected chi connectivity index (χ4v) is 3.25. The molecule has 4 heteroatoms. The van der Waals surface area contributed by atoms with Gasteiger partial charge in [0.15, 0.2) is 0 Å². The second-order valence-corrected chi connectivity index (χ2v) is 7.26. The van der Waals surface area contributed by atoms with Gasteiger partial charge in [0, 0.05) is 11.3 Å². The van der Waals surface area contributed by atoms with E-state index in [-0.39, 0.29) is 5.57 Å². The normalized spacial score (nSPS) is 10.9. The SMILES string of the molecule is Cc1cc(C)cc(COc2ccccc2/C=C(\C#N)C(=O)Nc2ccccc2C)c1. The number of nitrogens with zero attached hydrogens (tertiary/aromatic N) is 1. The first-order valence-corrected chi connectivity index (χ1v) is 9.74. The third-order valence-corrected chi connectivity index (χ3v) is 4.65. The van der Waals surface area contributed by atoms with Gasteiger partial charge >= 0.3 is 0 Å². The summed E-state index contributed by atoms with van der Waals surface area (Å²) >= 11 is 0. The minimum atomic E-state index is -0.448. The molecule has 3 aromatic carbocycles. The minimum absolute atomic E-state index is 0.0145. The quantitative estimate of drug-likeness (QED) is 0.427. The molecule has 3 rings (SSSR count). The van der Waals surface area contributed by atoms with E-state index in [2.05, 4.69) is 37.4 Å². The van der Waals surface area contributed by atoms with E-state index in [4.69, 9.17) is 4.74 Å². The molecule has 0 aliphatic heterocycles. The lowest BCUT2D eigenvalue weighted by molar-refractivity contribution is -0.112. The van der Waals surface area contributed by atoms with Crippen LogP contribution < -0.4 is 10.1 Å². The molecule has 0 saturated carbocycles. The summed E-state index contributed by atoms with van der Waals surface area (Å²) < 4.78 is 6.01. The molecule has 30 heavy (non-hydrogen) atoms. The van der Waals surface area contributed by atoms with Crippen LogP contribution in [-0.4, -0.2) is 5.91 Å². The number of benzene rings is 3. The van der Waals surface area contributed by atoms with Crippen molar-refractivity contribution in [2.24, 2.45) is 0 Å². The fraction of sp³-hybridized carbons (Fsp3) is 0.154. The summed E-state index contributed by atoms with van der Waals surface area (Å²) in [5.41, 5.74) is 5.74. The van der Waals surface area contributed by atoms with Crippen molar-refractivity contribution in [1.82, 2.24) is 0 Å². The lowest BCUT2D eigenvalue weighted by Gasteiger charge is -2.11. The van der Waals surface area contributed by atoms with Gasteiger partial charge in [-0.2, -0.15) is 5.26 Å². The fourth-order valence-electron chi connectivity index (χ4n) is 3.25. The molecule has 0 atom stereocenters. The van der Waals surface area contributed by atoms with Crippen molar-refractivity contribution in [3.8, 4) is 11.8 Å². The number of anilines is 1. The van der Waals surface area contributed by atoms with E-state index in [1.54, 1.807) is 6.08 Å². The number of hydrogen-bond acceptors (Lipinski definition) is 3. The smallest absolute Gasteiger partial charge is 0.266 e. The molecular formula is C26H24N2O2. The molecule has 0 bridgehead atoms. The minimum Gasteiger partial charge on any atom is -0.488 e. The van der Waals surface area contributed by atoms with Gasteiger partial charge in [0.1, 0.15) is 24.0 Å². The van der Waals surface area contributed by atoms with Crippen LogP contribution in [0.2, 0.25) is 0 Å². The lowest BCUT2D eigenvalue weighted by atomic mass is 10.1. The first-order chi connectivity index (χ1) is 14.5. The molecule has 0 radical (unpaired) electrons. The van der Waals surface area contributed by atoms with Crippen LogP contribution in [0.5, 0.6) is 5.75 Å². The number of carbonyl (C=O) groups is 1. The molecular weight excluding hydrogens is 372 g/mol. The van der Waals surface area contributed by atoms with Gasteiger partial charge in [-0.15, -0.1) is 0 Å². The van der Waals surface area contributed by atoms with E-state index in [9.17, 15) is 10.1 Å². The van der Waals surface area contributed by atoms with Crippen molar-refractivity contribution in [2.45, 2.75) is 27.4 Å². The highest BCUT2D eigenvalue weighted by Gasteiger charge is 2.12. The Hall–Kier alpha value is -3.84. The maximum atomic E-state index is 12.6. The summed E-state index contributed by atoms with van der Waals surface area (Å²) in [6.07, 6.45) is 1.56. The lowest BCUT2D eigenvalue weighted by Crippen LogP contribution is -2.14. The average molecular weight is 396 g/mol. The Labute approximate surface area is 177 Å². The molecule has 0 unspecified atom stereocenters. The highest BCUT2D eigenvalue weighted by Crippen LogP contribution is 2.23. The Balaban J connectivity index is 1.80. The molecule has 1 amide bonds. The number of rotatable bonds is 6. The van der Waals surface area contributed by atoms with Crippen LogP contribution in [0.25, 0.3) is 6.08 Å². The third kappa shape index (κ3) is 5.36.